The summed E-state index contributed by atoms with van der Waals surface area (Å²) < 4.78 is 10.8. The number of benzene rings is 2. The predicted octanol–water partition coefficient (Wildman–Crippen LogP) is 2.21. The monoisotopic (exact) mass is 391 g/mol. The second-order valence-electron chi connectivity index (χ2n) is 7.35. The third kappa shape index (κ3) is 3.45. The summed E-state index contributed by atoms with van der Waals surface area (Å²) in [5.74, 6) is 1.59. The molecule has 1 amide bonds. The van der Waals surface area contributed by atoms with E-state index in [-0.39, 0.29) is 18.3 Å². The first kappa shape index (κ1) is 17.8. The second-order valence-corrected chi connectivity index (χ2v) is 7.35. The number of fused-ring (bicyclic) bond motifs is 2. The first-order valence-electron chi connectivity index (χ1n) is 9.69. The topological polar surface area (TPSA) is 74.9 Å². The molecule has 3 heterocycles. The smallest absolute Gasteiger partial charge is 0.254 e. The number of H-pyrrole nitrogens is 1. The van der Waals surface area contributed by atoms with E-state index < -0.39 is 0 Å². The summed E-state index contributed by atoms with van der Waals surface area (Å²) in [6.45, 7) is 4.05. The van der Waals surface area contributed by atoms with Crippen molar-refractivity contribution in [3.05, 3.63) is 70.0 Å². The number of aromatic amines is 1. The van der Waals surface area contributed by atoms with Gasteiger partial charge in [0, 0.05) is 55.3 Å². The van der Waals surface area contributed by atoms with E-state index >= 15 is 0 Å². The van der Waals surface area contributed by atoms with Gasteiger partial charge in [-0.15, -0.1) is 0 Å². The molecular formula is C22H21N3O4. The molecule has 0 bridgehead atoms. The Morgan fingerprint density at radius 3 is 2.66 bits per heavy atom. The summed E-state index contributed by atoms with van der Waals surface area (Å²) in [5, 5.41) is 0.778. The normalized spacial score (nSPS) is 16.3. The number of pyridine rings is 1. The highest BCUT2D eigenvalue weighted by atomic mass is 16.7. The van der Waals surface area contributed by atoms with Gasteiger partial charge >= 0.3 is 0 Å². The number of amides is 1. The maximum absolute atomic E-state index is 13.1. The SMILES string of the molecule is O=C(c1cccc2[nH]c(=O)ccc12)N1CCN(Cc2ccc3c(c2)OCO3)CC1. The van der Waals surface area contributed by atoms with Gasteiger partial charge in [0.05, 0.1) is 0 Å². The van der Waals surface area contributed by atoms with E-state index in [0.29, 0.717) is 24.2 Å². The maximum atomic E-state index is 13.1. The Kier molecular flexibility index (Phi) is 4.44. The van der Waals surface area contributed by atoms with Crippen LogP contribution in [0.3, 0.4) is 0 Å². The van der Waals surface area contributed by atoms with Crippen LogP contribution < -0.4 is 15.0 Å². The maximum Gasteiger partial charge on any atom is 0.254 e. The van der Waals surface area contributed by atoms with Crippen molar-refractivity contribution in [2.75, 3.05) is 33.0 Å². The van der Waals surface area contributed by atoms with Gasteiger partial charge in [0.15, 0.2) is 11.5 Å². The lowest BCUT2D eigenvalue weighted by atomic mass is 10.1. The van der Waals surface area contributed by atoms with Gasteiger partial charge in [-0.05, 0) is 35.9 Å². The average molecular weight is 391 g/mol. The number of carbonyl (C=O) groups is 1. The van der Waals surface area contributed by atoms with Crippen LogP contribution >= 0.6 is 0 Å². The van der Waals surface area contributed by atoms with Crippen molar-refractivity contribution < 1.29 is 14.3 Å². The molecular weight excluding hydrogens is 370 g/mol. The predicted molar refractivity (Wildman–Crippen MR) is 108 cm³/mol. The lowest BCUT2D eigenvalue weighted by molar-refractivity contribution is 0.0630. The largest absolute Gasteiger partial charge is 0.454 e. The Hall–Kier alpha value is -3.32. The number of carbonyl (C=O) groups excluding carboxylic acids is 1. The number of ether oxygens (including phenoxy) is 2. The number of aromatic nitrogens is 1. The van der Waals surface area contributed by atoms with E-state index in [9.17, 15) is 9.59 Å². The van der Waals surface area contributed by atoms with Gasteiger partial charge in [0.2, 0.25) is 12.4 Å². The molecule has 1 N–H and O–H groups in total. The molecule has 0 aliphatic carbocycles. The number of hydrogen-bond donors (Lipinski definition) is 1. The highest BCUT2D eigenvalue weighted by Crippen LogP contribution is 2.32. The lowest BCUT2D eigenvalue weighted by Crippen LogP contribution is -2.48. The molecule has 7 nitrogen and oxygen atoms in total. The average Bonchev–Trinajstić information content (AvgIpc) is 3.21. The van der Waals surface area contributed by atoms with Crippen LogP contribution in [0.2, 0.25) is 0 Å². The standard InChI is InChI=1S/C22H21N3O4/c26-21-7-5-16-17(2-1-3-18(16)23-21)22(27)25-10-8-24(9-11-25)13-15-4-6-19-20(12-15)29-14-28-19/h1-7,12H,8-11,13-14H2,(H,23,26). The molecule has 0 spiro atoms. The van der Waals surface area contributed by atoms with Crippen molar-refractivity contribution >= 4 is 16.8 Å². The van der Waals surface area contributed by atoms with Gasteiger partial charge in [-0.3, -0.25) is 14.5 Å². The zero-order valence-electron chi connectivity index (χ0n) is 15.9. The Labute approximate surface area is 167 Å². The van der Waals surface area contributed by atoms with E-state index in [1.54, 1.807) is 12.1 Å². The molecule has 1 saturated heterocycles. The molecule has 3 aromatic rings. The number of nitrogens with one attached hydrogen (secondary N) is 1. The van der Waals surface area contributed by atoms with E-state index in [2.05, 4.69) is 16.0 Å². The summed E-state index contributed by atoms with van der Waals surface area (Å²) >= 11 is 0. The van der Waals surface area contributed by atoms with Crippen molar-refractivity contribution in [1.82, 2.24) is 14.8 Å². The third-order valence-electron chi connectivity index (χ3n) is 5.50. The van der Waals surface area contributed by atoms with Gasteiger partial charge in [-0.1, -0.05) is 12.1 Å². The first-order valence-corrected chi connectivity index (χ1v) is 9.69. The summed E-state index contributed by atoms with van der Waals surface area (Å²) in [7, 11) is 0. The summed E-state index contributed by atoms with van der Waals surface area (Å²) in [4.78, 5) is 31.6. The second kappa shape index (κ2) is 7.25. The van der Waals surface area contributed by atoms with E-state index in [0.717, 1.165) is 36.5 Å². The van der Waals surface area contributed by atoms with Crippen molar-refractivity contribution in [1.29, 1.82) is 0 Å². The van der Waals surface area contributed by atoms with Crippen LogP contribution in [0.5, 0.6) is 11.5 Å². The van der Waals surface area contributed by atoms with Crippen molar-refractivity contribution in [2.45, 2.75) is 6.54 Å². The fourth-order valence-electron chi connectivity index (χ4n) is 3.95. The molecule has 1 aromatic heterocycles. The van der Waals surface area contributed by atoms with Gasteiger partial charge < -0.3 is 19.4 Å². The van der Waals surface area contributed by atoms with Crippen molar-refractivity contribution in [2.24, 2.45) is 0 Å². The Morgan fingerprint density at radius 1 is 0.966 bits per heavy atom. The number of nitrogens with zero attached hydrogens (tertiary/aromatic N) is 2. The zero-order valence-corrected chi connectivity index (χ0v) is 15.9. The fourth-order valence-corrected chi connectivity index (χ4v) is 3.95. The molecule has 7 heteroatoms. The van der Waals surface area contributed by atoms with E-state index in [1.807, 2.05) is 29.2 Å². The number of hydrogen-bond acceptors (Lipinski definition) is 5. The molecule has 29 heavy (non-hydrogen) atoms. The molecule has 2 aliphatic rings. The van der Waals surface area contributed by atoms with Crippen LogP contribution in [0.15, 0.2) is 53.3 Å². The molecule has 0 saturated carbocycles. The van der Waals surface area contributed by atoms with Gasteiger partial charge in [0.1, 0.15) is 0 Å². The lowest BCUT2D eigenvalue weighted by Gasteiger charge is -2.35. The van der Waals surface area contributed by atoms with Crippen molar-refractivity contribution in [3.63, 3.8) is 0 Å². The molecule has 0 unspecified atom stereocenters. The summed E-state index contributed by atoms with van der Waals surface area (Å²) in [5.41, 5.74) is 2.32. The third-order valence-corrected chi connectivity index (χ3v) is 5.50. The Morgan fingerprint density at radius 2 is 1.79 bits per heavy atom. The summed E-state index contributed by atoms with van der Waals surface area (Å²) in [6.07, 6.45) is 0. The molecule has 0 atom stereocenters. The zero-order chi connectivity index (χ0) is 19.8. The minimum absolute atomic E-state index is 0.00498. The fraction of sp³-hybridized carbons (Fsp3) is 0.273. The highest BCUT2D eigenvalue weighted by molar-refractivity contribution is 6.06. The molecule has 148 valence electrons. The Balaban J connectivity index is 1.26. The quantitative estimate of drug-likeness (QED) is 0.741. The van der Waals surface area contributed by atoms with E-state index in [1.165, 1.54) is 11.6 Å². The molecule has 5 rings (SSSR count). The van der Waals surface area contributed by atoms with Crippen molar-refractivity contribution in [3.8, 4) is 11.5 Å². The molecule has 2 aliphatic heterocycles. The van der Waals surface area contributed by atoms with Crippen LogP contribution in [0.1, 0.15) is 15.9 Å². The minimum atomic E-state index is -0.167. The summed E-state index contributed by atoms with van der Waals surface area (Å²) in [6, 6.07) is 14.7. The molecule has 0 radical (unpaired) electrons. The van der Waals surface area contributed by atoms with Crippen LogP contribution in [0.25, 0.3) is 10.9 Å². The number of piperazine rings is 1. The first-order chi connectivity index (χ1) is 14.2. The number of rotatable bonds is 3. The van der Waals surface area contributed by atoms with Crippen LogP contribution in [0.4, 0.5) is 0 Å². The van der Waals surface area contributed by atoms with Gasteiger partial charge in [0.25, 0.3) is 5.91 Å². The minimum Gasteiger partial charge on any atom is -0.454 e. The van der Waals surface area contributed by atoms with Crippen LogP contribution in [0, 0.1) is 0 Å². The van der Waals surface area contributed by atoms with Crippen LogP contribution in [-0.4, -0.2) is 53.7 Å². The van der Waals surface area contributed by atoms with E-state index in [4.69, 9.17) is 9.47 Å². The van der Waals surface area contributed by atoms with Crippen LogP contribution in [-0.2, 0) is 6.54 Å². The molecule has 2 aromatic carbocycles. The Bertz CT molecular complexity index is 1130. The molecule has 1 fully saturated rings. The highest BCUT2D eigenvalue weighted by Gasteiger charge is 2.24. The van der Waals surface area contributed by atoms with Gasteiger partial charge in [-0.2, -0.15) is 0 Å². The van der Waals surface area contributed by atoms with Gasteiger partial charge in [-0.25, -0.2) is 0 Å².